The molecule has 8 aromatic heterocycles. The van der Waals surface area contributed by atoms with Crippen LogP contribution in [0.2, 0.25) is 0 Å². The molecule has 0 unspecified atom stereocenters. The number of ketones is 4. The first-order valence-electron chi connectivity index (χ1n) is 42.5. The van der Waals surface area contributed by atoms with Gasteiger partial charge in [-0.3, -0.25) is 19.2 Å². The Kier molecular flexibility index (Phi) is 44.1. The van der Waals surface area contributed by atoms with E-state index < -0.39 is 0 Å². The summed E-state index contributed by atoms with van der Waals surface area (Å²) in [5.74, 6) is -0.464. The number of carbonyl (C=O) groups excluding carboxylic acids is 4. The zero-order valence-electron chi connectivity index (χ0n) is 77.6. The maximum absolute atomic E-state index is 13.1. The van der Waals surface area contributed by atoms with Gasteiger partial charge in [0.1, 0.15) is 5.82 Å². The molecule has 136 heavy (non-hydrogen) atoms. The standard InChI is InChI=1S/C27H20NS.C25H16NS.C22H18NS.C21H15FNS.4C5H8O2.4Ir/c1-18-13-19(2)15-22(14-18)24-16-23-25(17-28-24)29-27(21-11-7-4-8-12-21)26(23)20-9-5-3-6-10-20;1-3-8-18(9-4-1)20-12-7-13-21(14-20)23-15-22-16-24(27-25(22)17-26-23)19-10-5-2-6-11-19;1-14-9-15(2)11-18(10-14)20-12-19-16(3)22(24-21(19)13-23-20)17-7-5-4-6-8-17;1-13-7-14(2)9-16(8-13)19-10-17-11-20(24-21(17)12-23-19)15-3-5-18(22)6-4-15;4*1-4(6)3-5(2)7;;;;/h3-14,16-17H,1-2H3;1-12,14-17H;4-10,12-13H,1-3H3;3-8,10-12H,1-2H3;4*3,6H,1-2H3;;;;/q4*-1;;;;;;;;. The largest absolute Gasteiger partial charge is 0.512 e. The van der Waals surface area contributed by atoms with Crippen LogP contribution in [-0.2, 0) is 99.6 Å². The Bertz CT molecular complexity index is 7030. The Balaban J connectivity index is 0.000000224. The van der Waals surface area contributed by atoms with Crippen LogP contribution in [-0.4, -0.2) is 63.5 Å². The Morgan fingerprint density at radius 1 is 0.309 bits per heavy atom. The number of carbonyl (C=O) groups is 4. The van der Waals surface area contributed by atoms with Gasteiger partial charge in [0.15, 0.2) is 23.1 Å². The fraction of sp³-hybridized carbons (Fsp3) is 0.130. The van der Waals surface area contributed by atoms with E-state index in [1.807, 2.05) is 84.7 Å². The predicted molar refractivity (Wildman–Crippen MR) is 550 cm³/mol. The van der Waals surface area contributed by atoms with Crippen molar-refractivity contribution in [3.63, 3.8) is 0 Å². The summed E-state index contributed by atoms with van der Waals surface area (Å²) in [4.78, 5) is 63.8. The van der Waals surface area contributed by atoms with Crippen molar-refractivity contribution < 1.29 is 124 Å². The number of allylic oxidation sites excluding steroid dienone is 8. The van der Waals surface area contributed by atoms with Gasteiger partial charge in [-0.1, -0.05) is 230 Å². The number of nitrogens with zero attached hydrogens (tertiary/aromatic N) is 4. The summed E-state index contributed by atoms with van der Waals surface area (Å²) in [5.41, 5.74) is 26.1. The van der Waals surface area contributed by atoms with E-state index in [0.29, 0.717) is 0 Å². The number of hydrogen-bond acceptors (Lipinski definition) is 16. The van der Waals surface area contributed by atoms with Gasteiger partial charge in [-0.15, -0.1) is 185 Å². The number of aliphatic hydroxyl groups excluding tert-OH is 4. The average molecular weight is 2580 g/mol. The van der Waals surface area contributed by atoms with Crippen LogP contribution in [0.1, 0.15) is 94.3 Å². The first-order chi connectivity index (χ1) is 63.3. The van der Waals surface area contributed by atoms with E-state index in [-0.39, 0.29) is 132 Å². The third-order valence-electron chi connectivity index (χ3n) is 19.6. The molecule has 0 saturated carbocycles. The van der Waals surface area contributed by atoms with Gasteiger partial charge in [0.05, 0.1) is 41.8 Å². The van der Waals surface area contributed by atoms with Gasteiger partial charge in [0, 0.05) is 155 Å². The number of halogens is 1. The second-order valence-corrected chi connectivity index (χ2v) is 35.9. The molecule has 8 heterocycles. The average Bonchev–Trinajstić information content (AvgIpc) is 1.61. The Morgan fingerprint density at radius 3 is 0.993 bits per heavy atom. The maximum Gasteiger partial charge on any atom is 0.155 e. The molecule has 700 valence electrons. The Labute approximate surface area is 865 Å². The number of aryl methyl sites for hydroxylation is 7. The predicted octanol–water partition coefficient (Wildman–Crippen LogP) is 31.5. The van der Waals surface area contributed by atoms with Crippen molar-refractivity contribution in [3.05, 3.63) is 408 Å². The zero-order chi connectivity index (χ0) is 94.7. The van der Waals surface area contributed by atoms with Crippen LogP contribution in [0, 0.1) is 78.5 Å². The molecule has 0 aliphatic rings. The number of pyridine rings is 4. The molecule has 21 heteroatoms. The SMILES string of the molecule is CC(=O)C=C(C)O.CC(=O)C=C(C)O.CC(=O)C=C(C)O.CC(=O)C=C(C)O.Cc1[c-]c(-c2cc3c(-c4ccccc4)c(-c4ccccc4)sc3cn2)cc(C)c1.Cc1[c-]c(-c2cc3c(C)c(-c4ccccc4)sc3cn2)cc(C)c1.Cc1[c-]c(-c2cc3cc(-c4ccc(F)cc4)sc3cn2)cc(C)c1.[Ir].[Ir].[Ir].[Ir].[c-]1ccc(-c2ccccc2)cc1-c1cc2cc(-c3ccccc3)sc2cn1. The summed E-state index contributed by atoms with van der Waals surface area (Å²) in [7, 11) is 0. The van der Waals surface area contributed by atoms with Gasteiger partial charge in [-0.25, -0.2) is 4.39 Å². The van der Waals surface area contributed by atoms with Gasteiger partial charge >= 0.3 is 0 Å². The molecule has 18 rings (SSSR count). The van der Waals surface area contributed by atoms with Gasteiger partial charge < -0.3 is 40.4 Å². The van der Waals surface area contributed by atoms with Crippen LogP contribution in [0.5, 0.6) is 0 Å². The van der Waals surface area contributed by atoms with Crippen molar-refractivity contribution in [1.29, 1.82) is 0 Å². The van der Waals surface area contributed by atoms with E-state index in [4.69, 9.17) is 30.4 Å². The fourth-order valence-electron chi connectivity index (χ4n) is 14.4. The smallest absolute Gasteiger partial charge is 0.155 e. The van der Waals surface area contributed by atoms with Crippen LogP contribution in [0.25, 0.3) is 149 Å². The molecule has 0 bridgehead atoms. The second kappa shape index (κ2) is 54.1. The summed E-state index contributed by atoms with van der Waals surface area (Å²) in [5, 5.41) is 38.4. The van der Waals surface area contributed by atoms with Crippen LogP contribution in [0.4, 0.5) is 4.39 Å². The van der Waals surface area contributed by atoms with E-state index in [0.717, 1.165) is 82.2 Å². The Hall–Kier alpha value is -12.0. The molecule has 18 aromatic rings. The van der Waals surface area contributed by atoms with E-state index >= 15 is 0 Å². The molecule has 0 aliphatic heterocycles. The maximum atomic E-state index is 13.1. The molecule has 0 atom stereocenters. The molecule has 0 saturated heterocycles. The van der Waals surface area contributed by atoms with E-state index in [1.165, 1.54) is 198 Å². The van der Waals surface area contributed by atoms with Crippen LogP contribution in [0.15, 0.2) is 339 Å². The zero-order valence-corrected chi connectivity index (χ0v) is 90.4. The van der Waals surface area contributed by atoms with Gasteiger partial charge in [-0.2, -0.15) is 0 Å². The summed E-state index contributed by atoms with van der Waals surface area (Å²) in [6, 6.07) is 105. The van der Waals surface area contributed by atoms with Crippen molar-refractivity contribution in [2.24, 2.45) is 0 Å². The molecule has 0 spiro atoms. The number of thiophene rings is 4. The van der Waals surface area contributed by atoms with Gasteiger partial charge in [-0.05, 0) is 170 Å². The Morgan fingerprint density at radius 2 is 0.625 bits per heavy atom. The number of aliphatic hydroxyl groups is 4. The quantitative estimate of drug-likeness (QED) is 0.0457. The first-order valence-corrected chi connectivity index (χ1v) is 45.7. The molecule has 4 N–H and O–H groups in total. The minimum Gasteiger partial charge on any atom is -0.512 e. The minimum absolute atomic E-state index is 0. The fourth-order valence-corrected chi connectivity index (χ4v) is 18.7. The summed E-state index contributed by atoms with van der Waals surface area (Å²) in [6.07, 6.45) is 12.6. The monoisotopic (exact) mass is 2580 g/mol. The van der Waals surface area contributed by atoms with Gasteiger partial charge in [0.25, 0.3) is 0 Å². The van der Waals surface area contributed by atoms with Crippen molar-refractivity contribution in [2.45, 2.75) is 104 Å². The summed E-state index contributed by atoms with van der Waals surface area (Å²) in [6.45, 7) is 26.1. The number of benzene rings is 10. The van der Waals surface area contributed by atoms with Crippen LogP contribution >= 0.6 is 45.3 Å². The summed E-state index contributed by atoms with van der Waals surface area (Å²) >= 11 is 7.08. The molecule has 4 radical (unpaired) electrons. The van der Waals surface area contributed by atoms with Crippen molar-refractivity contribution >= 4 is 109 Å². The number of hydrogen-bond donors (Lipinski definition) is 4. The first kappa shape index (κ1) is 111. The molecular formula is C115H101FIr4N4O8S4-4. The molecule has 0 aliphatic carbocycles. The van der Waals surface area contributed by atoms with E-state index in [9.17, 15) is 23.6 Å². The normalized spacial score (nSPS) is 10.8. The van der Waals surface area contributed by atoms with Crippen molar-refractivity contribution in [2.75, 3.05) is 0 Å². The minimum atomic E-state index is -0.214. The third kappa shape index (κ3) is 33.2. The third-order valence-corrected chi connectivity index (χ3v) is 24.4. The second-order valence-electron chi connectivity index (χ2n) is 31.6. The van der Waals surface area contributed by atoms with E-state index in [1.54, 1.807) is 22.7 Å². The van der Waals surface area contributed by atoms with Crippen LogP contribution < -0.4 is 0 Å². The topological polar surface area (TPSA) is 201 Å². The molecule has 0 fully saturated rings. The number of aromatic nitrogens is 4. The molecular weight excluding hydrogens is 2480 g/mol. The van der Waals surface area contributed by atoms with E-state index in [2.05, 4.69) is 300 Å². The molecule has 10 aromatic carbocycles. The molecule has 0 amide bonds. The number of rotatable bonds is 14. The summed E-state index contributed by atoms with van der Waals surface area (Å²) < 4.78 is 17.9. The van der Waals surface area contributed by atoms with Crippen molar-refractivity contribution in [1.82, 2.24) is 19.9 Å². The molecule has 12 nitrogen and oxygen atoms in total. The number of fused-ring (bicyclic) bond motifs is 4. The van der Waals surface area contributed by atoms with Crippen molar-refractivity contribution in [3.8, 4) is 109 Å². The van der Waals surface area contributed by atoms with Crippen LogP contribution in [0.3, 0.4) is 0 Å². The van der Waals surface area contributed by atoms with Gasteiger partial charge in [0.2, 0.25) is 0 Å².